The van der Waals surface area contributed by atoms with Gasteiger partial charge >= 0.3 is 17.8 Å². The first-order chi connectivity index (χ1) is 13.5. The number of aliphatic carboxylic acids is 1. The van der Waals surface area contributed by atoms with Gasteiger partial charge in [-0.25, -0.2) is 0 Å². The van der Waals surface area contributed by atoms with Crippen molar-refractivity contribution in [3.05, 3.63) is 34.2 Å². The molecular weight excluding hydrogens is 370 g/mol. The summed E-state index contributed by atoms with van der Waals surface area (Å²) in [6, 6.07) is 5.19. The Labute approximate surface area is 160 Å². The highest BCUT2D eigenvalue weighted by Gasteiger charge is 2.34. The summed E-state index contributed by atoms with van der Waals surface area (Å²) in [5, 5.41) is 12.9. The molecule has 1 N–H and O–H groups in total. The van der Waals surface area contributed by atoms with Crippen molar-refractivity contribution in [1.82, 2.24) is 9.80 Å². The van der Waals surface area contributed by atoms with Crippen LogP contribution in [-0.2, 0) is 20.8 Å². The number of carboxylic acids is 1. The molecule has 1 unspecified atom stereocenters. The Balaban J connectivity index is 1.63. The zero-order valence-corrected chi connectivity index (χ0v) is 15.0. The summed E-state index contributed by atoms with van der Waals surface area (Å²) in [5.74, 6) is -2.22. The minimum absolute atomic E-state index is 0.0709. The molecule has 1 saturated heterocycles. The number of azide groups is 1. The lowest BCUT2D eigenvalue weighted by atomic mass is 9.98. The van der Waals surface area contributed by atoms with Crippen LogP contribution in [0.3, 0.4) is 0 Å². The van der Waals surface area contributed by atoms with Gasteiger partial charge in [0, 0.05) is 37.6 Å². The summed E-state index contributed by atoms with van der Waals surface area (Å²) >= 11 is 0. The van der Waals surface area contributed by atoms with Crippen LogP contribution in [0.4, 0.5) is 0 Å². The van der Waals surface area contributed by atoms with Crippen LogP contribution >= 0.6 is 0 Å². The average Bonchev–Trinajstić information content (AvgIpc) is 3.14. The monoisotopic (exact) mass is 389 g/mol. The van der Waals surface area contributed by atoms with Crippen molar-refractivity contribution in [3.8, 4) is 11.5 Å². The summed E-state index contributed by atoms with van der Waals surface area (Å²) < 4.78 is 10.5. The highest BCUT2D eigenvalue weighted by molar-refractivity contribution is 6.35. The van der Waals surface area contributed by atoms with Gasteiger partial charge in [0.25, 0.3) is 0 Å². The van der Waals surface area contributed by atoms with Gasteiger partial charge in [-0.1, -0.05) is 11.2 Å². The number of fused-ring (bicyclic) bond motifs is 1. The van der Waals surface area contributed by atoms with E-state index < -0.39 is 23.7 Å². The molecule has 0 spiro atoms. The SMILES string of the molecule is [N-]=[N+]=NCCN1CCN(CC(Cc2ccc3c(c2)OCO3)C(=O)O)C(=O)C1=O. The van der Waals surface area contributed by atoms with E-state index in [1.807, 2.05) is 0 Å². The topological polar surface area (TPSA) is 145 Å². The molecule has 11 nitrogen and oxygen atoms in total. The molecule has 0 saturated carbocycles. The molecule has 148 valence electrons. The lowest BCUT2D eigenvalue weighted by molar-refractivity contribution is -0.157. The Morgan fingerprint density at radius 3 is 2.68 bits per heavy atom. The molecule has 2 heterocycles. The maximum Gasteiger partial charge on any atom is 0.312 e. The number of rotatable bonds is 8. The Morgan fingerprint density at radius 1 is 1.21 bits per heavy atom. The zero-order valence-electron chi connectivity index (χ0n) is 15.0. The van der Waals surface area contributed by atoms with Crippen LogP contribution in [0.2, 0.25) is 0 Å². The van der Waals surface area contributed by atoms with E-state index in [-0.39, 0.29) is 45.9 Å². The van der Waals surface area contributed by atoms with Gasteiger partial charge in [0.1, 0.15) is 0 Å². The van der Waals surface area contributed by atoms with Crippen LogP contribution in [0.15, 0.2) is 23.3 Å². The van der Waals surface area contributed by atoms with E-state index in [9.17, 15) is 19.5 Å². The molecule has 11 heteroatoms. The van der Waals surface area contributed by atoms with Crippen LogP contribution < -0.4 is 9.47 Å². The second-order valence-corrected chi connectivity index (χ2v) is 6.42. The first kappa shape index (κ1) is 19.3. The quantitative estimate of drug-likeness (QED) is 0.299. The number of carbonyl (C=O) groups excluding carboxylic acids is 2. The van der Waals surface area contributed by atoms with Crippen molar-refractivity contribution in [1.29, 1.82) is 0 Å². The van der Waals surface area contributed by atoms with E-state index in [0.29, 0.717) is 11.5 Å². The molecule has 2 amide bonds. The molecule has 2 aliphatic rings. The highest BCUT2D eigenvalue weighted by Crippen LogP contribution is 2.33. The maximum absolute atomic E-state index is 12.3. The van der Waals surface area contributed by atoms with Gasteiger partial charge in [-0.3, -0.25) is 14.4 Å². The molecule has 28 heavy (non-hydrogen) atoms. The van der Waals surface area contributed by atoms with Gasteiger partial charge in [-0.15, -0.1) is 0 Å². The van der Waals surface area contributed by atoms with Crippen molar-refractivity contribution in [2.45, 2.75) is 6.42 Å². The van der Waals surface area contributed by atoms with Gasteiger partial charge in [-0.2, -0.15) is 0 Å². The average molecular weight is 389 g/mol. The smallest absolute Gasteiger partial charge is 0.312 e. The van der Waals surface area contributed by atoms with Crippen LogP contribution in [0.5, 0.6) is 11.5 Å². The van der Waals surface area contributed by atoms with Crippen molar-refractivity contribution >= 4 is 17.8 Å². The lowest BCUT2D eigenvalue weighted by Gasteiger charge is -2.34. The van der Waals surface area contributed by atoms with E-state index in [1.54, 1.807) is 18.2 Å². The van der Waals surface area contributed by atoms with Crippen LogP contribution in [0, 0.1) is 5.92 Å². The van der Waals surface area contributed by atoms with Gasteiger partial charge in [0.05, 0.1) is 5.92 Å². The van der Waals surface area contributed by atoms with E-state index in [1.165, 1.54) is 9.80 Å². The van der Waals surface area contributed by atoms with Crippen LogP contribution in [-0.4, -0.2) is 72.2 Å². The third-order valence-electron chi connectivity index (χ3n) is 4.64. The van der Waals surface area contributed by atoms with Gasteiger partial charge in [0.2, 0.25) is 6.79 Å². The van der Waals surface area contributed by atoms with E-state index in [4.69, 9.17) is 15.0 Å². The minimum atomic E-state index is -1.05. The lowest BCUT2D eigenvalue weighted by Crippen LogP contribution is -2.56. The fourth-order valence-corrected chi connectivity index (χ4v) is 3.16. The molecule has 0 radical (unpaired) electrons. The Kier molecular flexibility index (Phi) is 5.85. The van der Waals surface area contributed by atoms with E-state index in [0.717, 1.165) is 5.56 Å². The molecule has 3 rings (SSSR count). The van der Waals surface area contributed by atoms with E-state index in [2.05, 4.69) is 10.0 Å². The standard InChI is InChI=1S/C17H19N5O6/c18-20-19-3-4-21-5-6-22(16(24)15(21)23)9-12(17(25)26)7-11-1-2-13-14(8-11)28-10-27-13/h1-2,8,12H,3-7,9-10H2,(H,25,26). The number of piperazine rings is 1. The summed E-state index contributed by atoms with van der Waals surface area (Å²) in [4.78, 5) is 41.4. The van der Waals surface area contributed by atoms with Gasteiger partial charge in [0.15, 0.2) is 11.5 Å². The number of amides is 2. The number of carboxylic acid groups (broad SMARTS) is 1. The number of hydrogen-bond acceptors (Lipinski definition) is 6. The zero-order chi connectivity index (χ0) is 20.1. The fraction of sp³-hybridized carbons (Fsp3) is 0.471. The molecule has 1 atom stereocenters. The number of carbonyl (C=O) groups is 3. The second kappa shape index (κ2) is 8.49. The number of hydrogen-bond donors (Lipinski definition) is 1. The predicted octanol–water partition coefficient (Wildman–Crippen LogP) is 0.640. The molecule has 1 aromatic rings. The van der Waals surface area contributed by atoms with Crippen LogP contribution in [0.1, 0.15) is 5.56 Å². The van der Waals surface area contributed by atoms with E-state index >= 15 is 0 Å². The number of nitrogens with zero attached hydrogens (tertiary/aromatic N) is 5. The number of ether oxygens (including phenoxy) is 2. The Hall–Kier alpha value is -3.46. The molecule has 0 bridgehead atoms. The molecule has 1 aromatic carbocycles. The first-order valence-electron chi connectivity index (χ1n) is 8.70. The summed E-state index contributed by atoms with van der Waals surface area (Å²) in [6.45, 7) is 0.785. The summed E-state index contributed by atoms with van der Waals surface area (Å²) in [7, 11) is 0. The van der Waals surface area contributed by atoms with Gasteiger partial charge in [-0.05, 0) is 29.6 Å². The minimum Gasteiger partial charge on any atom is -0.481 e. The molecule has 1 fully saturated rings. The van der Waals surface area contributed by atoms with Gasteiger partial charge < -0.3 is 24.4 Å². The van der Waals surface area contributed by atoms with Crippen LogP contribution in [0.25, 0.3) is 10.4 Å². The van der Waals surface area contributed by atoms with Crippen molar-refractivity contribution in [2.75, 3.05) is 39.5 Å². The summed E-state index contributed by atoms with van der Waals surface area (Å²) in [5.41, 5.74) is 9.03. The Morgan fingerprint density at radius 2 is 1.93 bits per heavy atom. The normalized spacial score (nSPS) is 16.7. The largest absolute Gasteiger partial charge is 0.481 e. The van der Waals surface area contributed by atoms with Crippen molar-refractivity contribution in [3.63, 3.8) is 0 Å². The first-order valence-corrected chi connectivity index (χ1v) is 8.70. The second-order valence-electron chi connectivity index (χ2n) is 6.42. The fourth-order valence-electron chi connectivity index (χ4n) is 3.16. The maximum atomic E-state index is 12.3. The van der Waals surface area contributed by atoms with Crippen molar-refractivity contribution in [2.24, 2.45) is 11.0 Å². The highest BCUT2D eigenvalue weighted by atomic mass is 16.7. The number of benzene rings is 1. The molecule has 0 aliphatic carbocycles. The third kappa shape index (κ3) is 4.26. The molecule has 2 aliphatic heterocycles. The predicted molar refractivity (Wildman–Crippen MR) is 94.6 cm³/mol. The molecule has 0 aromatic heterocycles. The third-order valence-corrected chi connectivity index (χ3v) is 4.64. The summed E-state index contributed by atoms with van der Waals surface area (Å²) in [6.07, 6.45) is 0.185. The molecular formula is C17H19N5O6. The van der Waals surface area contributed by atoms with Crippen molar-refractivity contribution < 1.29 is 29.0 Å². The Bertz CT molecular complexity index is 837.